The van der Waals surface area contributed by atoms with Crippen molar-refractivity contribution >= 4 is 17.9 Å². The molecule has 0 saturated heterocycles. The zero-order chi connectivity index (χ0) is 53.4. The molecule has 0 rings (SSSR count). The Balaban J connectivity index is 4.06. The van der Waals surface area contributed by atoms with Crippen molar-refractivity contribution in [1.82, 2.24) is 0 Å². The molecule has 0 aliphatic carbocycles. The van der Waals surface area contributed by atoms with Crippen LogP contribution >= 0.6 is 0 Å². The molecule has 1 N–H and O–H groups in total. The van der Waals surface area contributed by atoms with Gasteiger partial charge < -0.3 is 28.5 Å². The van der Waals surface area contributed by atoms with E-state index in [1.807, 2.05) is 21.1 Å². The van der Waals surface area contributed by atoms with Crippen molar-refractivity contribution in [3.63, 3.8) is 0 Å². The van der Waals surface area contributed by atoms with Crippen molar-refractivity contribution in [1.29, 1.82) is 0 Å². The molecule has 0 radical (unpaired) electrons. The monoisotopic (exact) mass is 1030 g/mol. The number of aliphatic carboxylic acids is 1. The number of allylic oxidation sites excluding steroid dienone is 8. The molecule has 0 aliphatic rings. The number of esters is 2. The standard InChI is InChI=1S/C64H117NO8/c1-6-8-10-12-14-16-18-20-22-23-24-25-26-27-28-29-30-31-32-33-34-35-36-37-38-39-41-43-45-47-49-51-53-55-62(67)73-60(59-72-64(63(68)69)70-57-56-65(3,4)5)58-71-61(66)54-52-50-48-46-44-42-40-21-19-17-15-13-11-9-7-2/h8,10,14,16,20,22,24-25,60,64H,6-7,9,11-13,15,17-19,21,23,26-59H2,1-5H3/p+1/b10-8-,16-14-,22-20-,25-24-. The van der Waals surface area contributed by atoms with Crippen LogP contribution in [0, 0.1) is 0 Å². The maximum Gasteiger partial charge on any atom is 0.361 e. The van der Waals surface area contributed by atoms with Gasteiger partial charge in [-0.3, -0.25) is 9.59 Å². The first-order valence-corrected chi connectivity index (χ1v) is 30.8. The van der Waals surface area contributed by atoms with E-state index in [0.717, 1.165) is 64.2 Å². The Bertz CT molecular complexity index is 1340. The number of hydrogen-bond acceptors (Lipinski definition) is 7. The number of nitrogens with zero attached hydrogens (tertiary/aromatic N) is 1. The van der Waals surface area contributed by atoms with Gasteiger partial charge in [0.1, 0.15) is 13.2 Å². The van der Waals surface area contributed by atoms with Crippen LogP contribution in [0.4, 0.5) is 0 Å². The lowest BCUT2D eigenvalue weighted by Gasteiger charge is -2.25. The van der Waals surface area contributed by atoms with Crippen LogP contribution in [-0.4, -0.2) is 87.4 Å². The smallest absolute Gasteiger partial charge is 0.361 e. The molecule has 0 saturated carbocycles. The number of carboxylic acids is 1. The molecule has 9 nitrogen and oxygen atoms in total. The number of carboxylic acid groups (broad SMARTS) is 1. The van der Waals surface area contributed by atoms with E-state index < -0.39 is 18.4 Å². The summed E-state index contributed by atoms with van der Waals surface area (Å²) >= 11 is 0. The first kappa shape index (κ1) is 70.2. The number of carbonyl (C=O) groups excluding carboxylic acids is 2. The molecule has 0 aromatic heterocycles. The molecule has 0 aromatic carbocycles. The highest BCUT2D eigenvalue weighted by atomic mass is 16.7. The second kappa shape index (κ2) is 55.5. The molecule has 0 amide bonds. The first-order chi connectivity index (χ1) is 35.6. The van der Waals surface area contributed by atoms with Crippen molar-refractivity contribution in [3.8, 4) is 0 Å². The third-order valence-corrected chi connectivity index (χ3v) is 13.6. The minimum Gasteiger partial charge on any atom is -0.477 e. The zero-order valence-corrected chi connectivity index (χ0v) is 48.6. The van der Waals surface area contributed by atoms with Crippen LogP contribution in [0.25, 0.3) is 0 Å². The average molecular weight is 1030 g/mol. The van der Waals surface area contributed by atoms with Crippen LogP contribution in [0.5, 0.6) is 0 Å². The van der Waals surface area contributed by atoms with Crippen molar-refractivity contribution in [2.45, 2.75) is 296 Å². The summed E-state index contributed by atoms with van der Waals surface area (Å²) in [5.41, 5.74) is 0. The van der Waals surface area contributed by atoms with Gasteiger partial charge in [-0.1, -0.05) is 268 Å². The van der Waals surface area contributed by atoms with Gasteiger partial charge in [-0.05, 0) is 51.4 Å². The van der Waals surface area contributed by atoms with Gasteiger partial charge in [0.15, 0.2) is 6.10 Å². The van der Waals surface area contributed by atoms with Crippen molar-refractivity contribution in [2.24, 2.45) is 0 Å². The molecular formula is C64H118NO8+. The van der Waals surface area contributed by atoms with Crippen LogP contribution in [0.1, 0.15) is 284 Å². The Hall–Kier alpha value is -2.75. The maximum absolute atomic E-state index is 12.9. The number of unbranched alkanes of at least 4 members (excludes halogenated alkanes) is 34. The Morgan fingerprint density at radius 1 is 0.425 bits per heavy atom. The number of carbonyl (C=O) groups is 3. The van der Waals surface area contributed by atoms with Gasteiger partial charge in [0.25, 0.3) is 6.29 Å². The van der Waals surface area contributed by atoms with Gasteiger partial charge in [-0.15, -0.1) is 0 Å². The number of ether oxygens (including phenoxy) is 4. The maximum atomic E-state index is 12.9. The van der Waals surface area contributed by atoms with Crippen LogP contribution in [0.3, 0.4) is 0 Å². The van der Waals surface area contributed by atoms with Gasteiger partial charge in [0.2, 0.25) is 0 Å². The van der Waals surface area contributed by atoms with E-state index in [1.165, 1.54) is 193 Å². The fourth-order valence-corrected chi connectivity index (χ4v) is 8.89. The summed E-state index contributed by atoms with van der Waals surface area (Å²) in [5, 5.41) is 9.70. The topological polar surface area (TPSA) is 108 Å². The molecule has 0 aromatic rings. The summed E-state index contributed by atoms with van der Waals surface area (Å²) in [6, 6.07) is 0. The molecule has 73 heavy (non-hydrogen) atoms. The molecule has 0 fully saturated rings. The molecule has 9 heteroatoms. The Morgan fingerprint density at radius 3 is 1.16 bits per heavy atom. The highest BCUT2D eigenvalue weighted by molar-refractivity contribution is 5.71. The van der Waals surface area contributed by atoms with Gasteiger partial charge in [-0.2, -0.15) is 0 Å². The van der Waals surface area contributed by atoms with E-state index >= 15 is 0 Å². The van der Waals surface area contributed by atoms with Gasteiger partial charge in [0.05, 0.1) is 34.4 Å². The number of likely N-dealkylation sites (N-methyl/N-ethyl adjacent to an activating group) is 1. The zero-order valence-electron chi connectivity index (χ0n) is 48.6. The SMILES string of the molecule is CC/C=C\C/C=C\C/C=C\C/C=C\CCCCCCCCCCCCCCCCCCCCCCC(=O)OC(COC(=O)CCCCCCCCCCCCCCCCC)COC(OCC[N+](C)(C)C)C(=O)O. The fraction of sp³-hybridized carbons (Fsp3) is 0.828. The van der Waals surface area contributed by atoms with Crippen LogP contribution in [0.15, 0.2) is 48.6 Å². The van der Waals surface area contributed by atoms with Crippen LogP contribution in [0.2, 0.25) is 0 Å². The van der Waals surface area contributed by atoms with E-state index in [1.54, 1.807) is 0 Å². The highest BCUT2D eigenvalue weighted by Gasteiger charge is 2.25. The second-order valence-electron chi connectivity index (χ2n) is 22.0. The Kier molecular flexibility index (Phi) is 53.4. The third kappa shape index (κ3) is 56.8. The summed E-state index contributed by atoms with van der Waals surface area (Å²) in [6.45, 7) is 4.81. The average Bonchev–Trinajstić information content (AvgIpc) is 3.36. The van der Waals surface area contributed by atoms with Crippen molar-refractivity contribution in [2.75, 3.05) is 47.5 Å². The van der Waals surface area contributed by atoms with Gasteiger partial charge >= 0.3 is 17.9 Å². The first-order valence-electron chi connectivity index (χ1n) is 30.8. The van der Waals surface area contributed by atoms with E-state index in [0.29, 0.717) is 17.4 Å². The molecular weight excluding hydrogens is 911 g/mol. The van der Waals surface area contributed by atoms with E-state index in [4.69, 9.17) is 18.9 Å². The third-order valence-electron chi connectivity index (χ3n) is 13.6. The number of rotatable bonds is 57. The molecule has 0 bridgehead atoms. The van der Waals surface area contributed by atoms with Crippen molar-refractivity contribution in [3.05, 3.63) is 48.6 Å². The molecule has 2 unspecified atom stereocenters. The molecule has 426 valence electrons. The lowest BCUT2D eigenvalue weighted by atomic mass is 10.0. The van der Waals surface area contributed by atoms with E-state index in [9.17, 15) is 19.5 Å². The Morgan fingerprint density at radius 2 is 0.781 bits per heavy atom. The largest absolute Gasteiger partial charge is 0.477 e. The summed E-state index contributed by atoms with van der Waals surface area (Å²) in [6.07, 6.45) is 66.3. The lowest BCUT2D eigenvalue weighted by Crippen LogP contribution is -2.40. The van der Waals surface area contributed by atoms with Crippen LogP contribution < -0.4 is 0 Å². The van der Waals surface area contributed by atoms with E-state index in [-0.39, 0.29) is 38.2 Å². The number of quaternary nitrogens is 1. The summed E-state index contributed by atoms with van der Waals surface area (Å²) < 4.78 is 22.9. The van der Waals surface area contributed by atoms with Crippen LogP contribution in [-0.2, 0) is 33.3 Å². The van der Waals surface area contributed by atoms with Crippen molar-refractivity contribution < 1.29 is 42.9 Å². The molecule has 2 atom stereocenters. The summed E-state index contributed by atoms with van der Waals surface area (Å²) in [4.78, 5) is 37.4. The highest BCUT2D eigenvalue weighted by Crippen LogP contribution is 2.18. The quantitative estimate of drug-likeness (QED) is 0.0211. The van der Waals surface area contributed by atoms with Gasteiger partial charge in [0, 0.05) is 12.8 Å². The minimum absolute atomic E-state index is 0.176. The Labute approximate surface area is 451 Å². The minimum atomic E-state index is -1.51. The summed E-state index contributed by atoms with van der Waals surface area (Å²) in [5.74, 6) is -1.98. The lowest BCUT2D eigenvalue weighted by molar-refractivity contribution is -0.870. The molecule has 0 aliphatic heterocycles. The molecule has 0 heterocycles. The summed E-state index contributed by atoms with van der Waals surface area (Å²) in [7, 11) is 5.98. The number of hydrogen-bond donors (Lipinski definition) is 1. The predicted molar refractivity (Wildman–Crippen MR) is 309 cm³/mol. The predicted octanol–water partition coefficient (Wildman–Crippen LogP) is 18.2. The van der Waals surface area contributed by atoms with E-state index in [2.05, 4.69) is 62.5 Å². The fourth-order valence-electron chi connectivity index (χ4n) is 8.89. The second-order valence-corrected chi connectivity index (χ2v) is 22.0. The van der Waals surface area contributed by atoms with Gasteiger partial charge in [-0.25, -0.2) is 4.79 Å². The normalized spacial score (nSPS) is 13.1. The molecule has 0 spiro atoms.